The molecule has 21 heavy (non-hydrogen) atoms. The van der Waals surface area contributed by atoms with Gasteiger partial charge in [-0.1, -0.05) is 28.1 Å². The molecule has 3 rings (SSSR count). The fraction of sp³-hybridized carbons (Fsp3) is 0.500. The summed E-state index contributed by atoms with van der Waals surface area (Å²) in [5.41, 5.74) is 1.18. The Kier molecular flexibility index (Phi) is 3.81. The smallest absolute Gasteiger partial charge is 0.255 e. The number of hydrogen-bond donors (Lipinski definition) is 0. The first kappa shape index (κ1) is 15.0. The lowest BCUT2D eigenvalue weighted by atomic mass is 10.2. The van der Waals surface area contributed by atoms with Crippen LogP contribution in [0.3, 0.4) is 0 Å². The highest BCUT2D eigenvalue weighted by Crippen LogP contribution is 2.39. The van der Waals surface area contributed by atoms with Gasteiger partial charge in [-0.3, -0.25) is 0 Å². The molecule has 1 aliphatic heterocycles. The van der Waals surface area contributed by atoms with E-state index in [1.165, 1.54) is 4.31 Å². The van der Waals surface area contributed by atoms with Gasteiger partial charge in [-0.15, -0.1) is 0 Å². The molecule has 0 N–H and O–H groups in total. The summed E-state index contributed by atoms with van der Waals surface area (Å²) in [7, 11) is -3.62. The summed E-state index contributed by atoms with van der Waals surface area (Å²) in [5.74, 6) is 0.585. The van der Waals surface area contributed by atoms with Crippen LogP contribution in [0, 0.1) is 13.8 Å². The van der Waals surface area contributed by atoms with Gasteiger partial charge in [-0.2, -0.15) is 4.31 Å². The zero-order valence-electron chi connectivity index (χ0n) is 11.5. The molecule has 1 saturated heterocycles. The third kappa shape index (κ3) is 2.61. The van der Waals surface area contributed by atoms with E-state index in [0.29, 0.717) is 18.0 Å². The Morgan fingerprint density at radius 3 is 2.81 bits per heavy atom. The average molecular weight is 348 g/mol. The monoisotopic (exact) mass is 347 g/mol. The lowest BCUT2D eigenvalue weighted by molar-refractivity contribution is 0.297. The lowest BCUT2D eigenvalue weighted by Crippen LogP contribution is -2.30. The van der Waals surface area contributed by atoms with E-state index in [1.54, 1.807) is 13.0 Å². The second-order valence-electron chi connectivity index (χ2n) is 4.98. The predicted octanol–water partition coefficient (Wildman–Crippen LogP) is 2.93. The molecule has 114 valence electrons. The van der Waals surface area contributed by atoms with Crippen molar-refractivity contribution in [3.05, 3.63) is 27.7 Å². The van der Waals surface area contributed by atoms with Crippen LogP contribution in [-0.4, -0.2) is 29.4 Å². The molecule has 0 amide bonds. The average Bonchev–Trinajstić information content (AvgIpc) is 3.08. The third-order valence-corrected chi connectivity index (χ3v) is 7.21. The van der Waals surface area contributed by atoms with Crippen LogP contribution in [0.2, 0.25) is 4.47 Å². The molecule has 0 saturated carbocycles. The van der Waals surface area contributed by atoms with Crippen LogP contribution >= 0.6 is 22.9 Å². The maximum absolute atomic E-state index is 12.8. The van der Waals surface area contributed by atoms with Crippen LogP contribution in [-0.2, 0) is 10.0 Å². The molecule has 1 aliphatic rings. The fourth-order valence-corrected chi connectivity index (χ4v) is 6.06. The normalized spacial score (nSPS) is 20.2. The quantitative estimate of drug-likeness (QED) is 0.853. The molecule has 9 heteroatoms. The molecule has 3 heterocycles. The van der Waals surface area contributed by atoms with Gasteiger partial charge in [-0.25, -0.2) is 13.4 Å². The number of aryl methyl sites for hydroxylation is 2. The number of hydrogen-bond acceptors (Lipinski definition) is 6. The standard InChI is InChI=1S/C12H14ClN3O3S2/c1-7-6-10(19-15-7)9-4-3-5-16(9)21(17,18)11-8(2)14-12(13)20-11/h6,9H,3-5H2,1-2H3. The van der Waals surface area contributed by atoms with E-state index in [1.807, 2.05) is 6.92 Å². The van der Waals surface area contributed by atoms with E-state index >= 15 is 0 Å². The minimum Gasteiger partial charge on any atom is -0.359 e. The van der Waals surface area contributed by atoms with E-state index in [4.69, 9.17) is 16.1 Å². The number of rotatable bonds is 3. The van der Waals surface area contributed by atoms with Gasteiger partial charge in [0, 0.05) is 12.6 Å². The van der Waals surface area contributed by atoms with Crippen LogP contribution in [0.4, 0.5) is 0 Å². The van der Waals surface area contributed by atoms with Gasteiger partial charge in [0.2, 0.25) is 0 Å². The number of sulfonamides is 1. The highest BCUT2D eigenvalue weighted by Gasteiger charge is 2.40. The molecular formula is C12H14ClN3O3S2. The Labute approximate surface area is 131 Å². The van der Waals surface area contributed by atoms with E-state index in [-0.39, 0.29) is 14.7 Å². The van der Waals surface area contributed by atoms with Gasteiger partial charge in [0.1, 0.15) is 0 Å². The van der Waals surface area contributed by atoms with E-state index in [9.17, 15) is 8.42 Å². The van der Waals surface area contributed by atoms with Crippen LogP contribution in [0.15, 0.2) is 14.8 Å². The molecule has 0 bridgehead atoms. The van der Waals surface area contributed by atoms with Gasteiger partial charge in [0.05, 0.1) is 17.4 Å². The summed E-state index contributed by atoms with van der Waals surface area (Å²) in [5, 5.41) is 3.84. The minimum absolute atomic E-state index is 0.204. The molecule has 0 radical (unpaired) electrons. The summed E-state index contributed by atoms with van der Waals surface area (Å²) >= 11 is 6.82. The van der Waals surface area contributed by atoms with Gasteiger partial charge < -0.3 is 4.52 Å². The molecule has 1 fully saturated rings. The Morgan fingerprint density at radius 2 is 2.24 bits per heavy atom. The van der Waals surface area contributed by atoms with E-state index in [0.717, 1.165) is 29.9 Å². The highest BCUT2D eigenvalue weighted by molar-refractivity contribution is 7.91. The van der Waals surface area contributed by atoms with Crippen molar-refractivity contribution in [3.63, 3.8) is 0 Å². The van der Waals surface area contributed by atoms with Crippen molar-refractivity contribution in [1.29, 1.82) is 0 Å². The molecule has 0 aromatic carbocycles. The number of aromatic nitrogens is 2. The van der Waals surface area contributed by atoms with Gasteiger partial charge in [0.25, 0.3) is 10.0 Å². The Morgan fingerprint density at radius 1 is 1.48 bits per heavy atom. The van der Waals surface area contributed by atoms with Crippen molar-refractivity contribution in [1.82, 2.24) is 14.4 Å². The van der Waals surface area contributed by atoms with Crippen molar-refractivity contribution in [3.8, 4) is 0 Å². The molecule has 2 aromatic rings. The predicted molar refractivity (Wildman–Crippen MR) is 79.0 cm³/mol. The molecule has 0 aliphatic carbocycles. The molecule has 1 unspecified atom stereocenters. The maximum atomic E-state index is 12.8. The molecule has 6 nitrogen and oxygen atoms in total. The first-order valence-corrected chi connectivity index (χ1v) is 9.11. The largest absolute Gasteiger partial charge is 0.359 e. The zero-order valence-corrected chi connectivity index (χ0v) is 13.9. The van der Waals surface area contributed by atoms with E-state index in [2.05, 4.69) is 10.1 Å². The molecule has 0 spiro atoms. The van der Waals surface area contributed by atoms with Crippen molar-refractivity contribution < 1.29 is 12.9 Å². The second-order valence-corrected chi connectivity index (χ2v) is 8.65. The van der Waals surface area contributed by atoms with Crippen LogP contribution in [0.1, 0.15) is 36.0 Å². The summed E-state index contributed by atoms with van der Waals surface area (Å²) in [4.78, 5) is 3.99. The van der Waals surface area contributed by atoms with Crippen LogP contribution in [0.5, 0.6) is 0 Å². The lowest BCUT2D eigenvalue weighted by Gasteiger charge is -2.21. The summed E-state index contributed by atoms with van der Waals surface area (Å²) in [6.45, 7) is 3.93. The Hall–Kier alpha value is -0.960. The number of halogens is 1. The highest BCUT2D eigenvalue weighted by atomic mass is 35.5. The van der Waals surface area contributed by atoms with Crippen LogP contribution in [0.25, 0.3) is 0 Å². The van der Waals surface area contributed by atoms with E-state index < -0.39 is 10.0 Å². The molecular weight excluding hydrogens is 334 g/mol. The molecule has 1 atom stereocenters. The third-order valence-electron chi connectivity index (χ3n) is 3.45. The summed E-state index contributed by atoms with van der Waals surface area (Å²) < 4.78 is 32.8. The van der Waals surface area contributed by atoms with Gasteiger partial charge >= 0.3 is 0 Å². The first-order valence-electron chi connectivity index (χ1n) is 6.47. The summed E-state index contributed by atoms with van der Waals surface area (Å²) in [6, 6.07) is 1.47. The van der Waals surface area contributed by atoms with Crippen molar-refractivity contribution >= 4 is 33.0 Å². The van der Waals surface area contributed by atoms with Gasteiger partial charge in [0.15, 0.2) is 14.4 Å². The number of nitrogens with zero attached hydrogens (tertiary/aromatic N) is 3. The van der Waals surface area contributed by atoms with Crippen molar-refractivity contribution in [2.75, 3.05) is 6.54 Å². The topological polar surface area (TPSA) is 76.3 Å². The minimum atomic E-state index is -3.62. The van der Waals surface area contributed by atoms with Crippen molar-refractivity contribution in [2.45, 2.75) is 36.9 Å². The maximum Gasteiger partial charge on any atom is 0.255 e. The zero-order chi connectivity index (χ0) is 15.2. The van der Waals surface area contributed by atoms with Gasteiger partial charge in [-0.05, 0) is 26.7 Å². The van der Waals surface area contributed by atoms with Crippen molar-refractivity contribution in [2.24, 2.45) is 0 Å². The SMILES string of the molecule is Cc1cc(C2CCCN2S(=O)(=O)c2sc(Cl)nc2C)on1. The number of thiazole rings is 1. The fourth-order valence-electron chi connectivity index (χ4n) is 2.55. The molecule has 2 aromatic heterocycles. The summed E-state index contributed by atoms with van der Waals surface area (Å²) in [6.07, 6.45) is 1.51. The second kappa shape index (κ2) is 5.35. The Balaban J connectivity index is 2.00. The first-order chi connectivity index (χ1) is 9.89. The van der Waals surface area contributed by atoms with Crippen LogP contribution < -0.4 is 0 Å². The Bertz CT molecular complexity index is 769.